The Labute approximate surface area is 89.9 Å². The van der Waals surface area contributed by atoms with Crippen molar-refractivity contribution in [3.63, 3.8) is 0 Å². The van der Waals surface area contributed by atoms with Crippen LogP contribution >= 0.6 is 0 Å². The minimum Gasteiger partial charge on any atom is -0.213 e. The number of halogens is 2. The summed E-state index contributed by atoms with van der Waals surface area (Å²) in [5.41, 5.74) is 0.374. The maximum absolute atomic E-state index is 13.0. The summed E-state index contributed by atoms with van der Waals surface area (Å²) in [5.74, 6) is 0.793. The van der Waals surface area contributed by atoms with E-state index in [9.17, 15) is 8.78 Å². The van der Waals surface area contributed by atoms with Crippen molar-refractivity contribution in [3.05, 3.63) is 29.8 Å². The summed E-state index contributed by atoms with van der Waals surface area (Å²) in [6.07, 6.45) is 5.12. The van der Waals surface area contributed by atoms with E-state index in [1.165, 1.54) is 10.7 Å². The molecule has 0 aliphatic rings. The van der Waals surface area contributed by atoms with Gasteiger partial charge < -0.3 is 0 Å². The lowest BCUT2D eigenvalue weighted by Gasteiger charge is -2.01. The van der Waals surface area contributed by atoms with Crippen molar-refractivity contribution in [3.8, 4) is 23.7 Å². The molecule has 2 rings (SSSR count). The fourth-order valence-electron chi connectivity index (χ4n) is 1.24. The summed E-state index contributed by atoms with van der Waals surface area (Å²) < 4.78 is 27.0. The summed E-state index contributed by atoms with van der Waals surface area (Å²) in [4.78, 5) is 0. The molecule has 16 heavy (non-hydrogen) atoms. The molecule has 4 nitrogen and oxygen atoms in total. The van der Waals surface area contributed by atoms with Crippen LogP contribution in [0.4, 0.5) is 8.78 Å². The molecule has 0 aliphatic heterocycles. The molecule has 0 aliphatic carbocycles. The lowest BCUT2D eigenvalue weighted by atomic mass is 10.2. The highest BCUT2D eigenvalue weighted by atomic mass is 19.2. The maximum Gasteiger partial charge on any atom is 0.183 e. The number of aromatic nitrogens is 4. The fraction of sp³-hybridized carbons (Fsp3) is 0.100. The van der Waals surface area contributed by atoms with Gasteiger partial charge in [-0.15, -0.1) is 11.5 Å². The van der Waals surface area contributed by atoms with E-state index >= 15 is 0 Å². The Morgan fingerprint density at radius 3 is 2.81 bits per heavy atom. The molecule has 1 heterocycles. The van der Waals surface area contributed by atoms with Crippen LogP contribution in [0.2, 0.25) is 0 Å². The molecule has 1 aromatic carbocycles. The van der Waals surface area contributed by atoms with Crippen molar-refractivity contribution in [2.75, 3.05) is 0 Å². The Bertz CT molecular complexity index is 556. The van der Waals surface area contributed by atoms with Gasteiger partial charge in [-0.1, -0.05) is 5.92 Å². The first-order chi connectivity index (χ1) is 7.72. The molecule has 0 atom stereocenters. The zero-order valence-corrected chi connectivity index (χ0v) is 8.06. The van der Waals surface area contributed by atoms with Crippen LogP contribution in [0.3, 0.4) is 0 Å². The van der Waals surface area contributed by atoms with Gasteiger partial charge in [-0.05, 0) is 28.6 Å². The quantitative estimate of drug-likeness (QED) is 0.715. The lowest BCUT2D eigenvalue weighted by Crippen LogP contribution is -2.01. The Morgan fingerprint density at radius 1 is 1.31 bits per heavy atom. The molecule has 2 aromatic rings. The molecule has 0 bridgehead atoms. The third-order valence-corrected chi connectivity index (χ3v) is 1.95. The Kier molecular flexibility index (Phi) is 2.60. The first kappa shape index (κ1) is 10.2. The summed E-state index contributed by atoms with van der Waals surface area (Å²) in [7, 11) is 0. The number of rotatable bonds is 2. The first-order valence-corrected chi connectivity index (χ1v) is 4.37. The summed E-state index contributed by atoms with van der Waals surface area (Å²) in [6, 6.07) is 3.42. The Balaban J connectivity index is 2.47. The average Bonchev–Trinajstić information content (AvgIpc) is 2.71. The molecule has 0 unspecified atom stereocenters. The van der Waals surface area contributed by atoms with Gasteiger partial charge in [-0.3, -0.25) is 0 Å². The van der Waals surface area contributed by atoms with Crippen LogP contribution < -0.4 is 0 Å². The van der Waals surface area contributed by atoms with Crippen molar-refractivity contribution in [2.45, 2.75) is 6.54 Å². The molecule has 0 spiro atoms. The molecule has 0 saturated carbocycles. The third kappa shape index (κ3) is 1.75. The predicted octanol–water partition coefficient (Wildman–Crippen LogP) is 1.25. The Hall–Kier alpha value is -2.29. The first-order valence-electron chi connectivity index (χ1n) is 4.37. The van der Waals surface area contributed by atoms with Crippen LogP contribution in [0.15, 0.2) is 18.2 Å². The largest absolute Gasteiger partial charge is 0.213 e. The number of benzene rings is 1. The highest BCUT2D eigenvalue weighted by Gasteiger charge is 2.10. The van der Waals surface area contributed by atoms with E-state index in [-0.39, 0.29) is 6.54 Å². The number of terminal acetylenes is 1. The van der Waals surface area contributed by atoms with E-state index in [1.807, 2.05) is 0 Å². The second kappa shape index (κ2) is 4.06. The summed E-state index contributed by atoms with van der Waals surface area (Å²) >= 11 is 0. The second-order valence-electron chi connectivity index (χ2n) is 2.99. The van der Waals surface area contributed by atoms with Gasteiger partial charge in [0.15, 0.2) is 17.5 Å². The van der Waals surface area contributed by atoms with Crippen LogP contribution in [-0.4, -0.2) is 20.2 Å². The topological polar surface area (TPSA) is 43.6 Å². The van der Waals surface area contributed by atoms with Crippen molar-refractivity contribution in [1.82, 2.24) is 20.2 Å². The van der Waals surface area contributed by atoms with Crippen LogP contribution in [-0.2, 0) is 6.54 Å². The monoisotopic (exact) mass is 220 g/mol. The van der Waals surface area contributed by atoms with Crippen LogP contribution in [0, 0.1) is 24.0 Å². The molecule has 0 radical (unpaired) electrons. The zero-order chi connectivity index (χ0) is 11.5. The fourth-order valence-corrected chi connectivity index (χ4v) is 1.24. The molecule has 0 saturated heterocycles. The van der Waals surface area contributed by atoms with Crippen molar-refractivity contribution < 1.29 is 8.78 Å². The zero-order valence-electron chi connectivity index (χ0n) is 8.06. The summed E-state index contributed by atoms with van der Waals surface area (Å²) in [6.45, 7) is 0.168. The van der Waals surface area contributed by atoms with Gasteiger partial charge in [0.1, 0.15) is 6.54 Å². The van der Waals surface area contributed by atoms with Gasteiger partial charge in [-0.2, -0.15) is 0 Å². The number of nitrogens with zero attached hydrogens (tertiary/aromatic N) is 4. The molecule has 0 fully saturated rings. The van der Waals surface area contributed by atoms with Crippen LogP contribution in [0.1, 0.15) is 0 Å². The van der Waals surface area contributed by atoms with Gasteiger partial charge in [0.2, 0.25) is 0 Å². The van der Waals surface area contributed by atoms with Gasteiger partial charge in [0, 0.05) is 5.56 Å². The third-order valence-electron chi connectivity index (χ3n) is 1.95. The van der Waals surface area contributed by atoms with Gasteiger partial charge in [0.05, 0.1) is 0 Å². The maximum atomic E-state index is 13.0. The van der Waals surface area contributed by atoms with Gasteiger partial charge in [-0.25, -0.2) is 13.5 Å². The number of tetrazole rings is 1. The predicted molar refractivity (Wildman–Crippen MR) is 52.0 cm³/mol. The number of hydrogen-bond acceptors (Lipinski definition) is 3. The normalized spacial score (nSPS) is 10.1. The van der Waals surface area contributed by atoms with Crippen LogP contribution in [0.25, 0.3) is 11.4 Å². The molecule has 6 heteroatoms. The van der Waals surface area contributed by atoms with E-state index in [0.29, 0.717) is 11.4 Å². The molecule has 0 amide bonds. The molecule has 0 N–H and O–H groups in total. The van der Waals surface area contributed by atoms with E-state index in [4.69, 9.17) is 6.42 Å². The molecule has 1 aromatic heterocycles. The van der Waals surface area contributed by atoms with Crippen LogP contribution in [0.5, 0.6) is 0 Å². The molecule has 80 valence electrons. The van der Waals surface area contributed by atoms with Crippen molar-refractivity contribution in [1.29, 1.82) is 0 Å². The van der Waals surface area contributed by atoms with E-state index in [2.05, 4.69) is 21.4 Å². The standard InChI is InChI=1S/C10H6F2N4/c1-2-5-16-10(13-14-15-16)7-3-4-8(11)9(12)6-7/h1,3-4,6H,5H2. The smallest absolute Gasteiger partial charge is 0.183 e. The van der Waals surface area contributed by atoms with E-state index in [0.717, 1.165) is 12.1 Å². The minimum atomic E-state index is -0.951. The second-order valence-corrected chi connectivity index (χ2v) is 2.99. The van der Waals surface area contributed by atoms with Gasteiger partial charge >= 0.3 is 0 Å². The van der Waals surface area contributed by atoms with Gasteiger partial charge in [0.25, 0.3) is 0 Å². The van der Waals surface area contributed by atoms with E-state index < -0.39 is 11.6 Å². The van der Waals surface area contributed by atoms with E-state index in [1.54, 1.807) is 0 Å². The highest BCUT2D eigenvalue weighted by Crippen LogP contribution is 2.18. The highest BCUT2D eigenvalue weighted by molar-refractivity contribution is 5.54. The average molecular weight is 220 g/mol. The van der Waals surface area contributed by atoms with Crippen molar-refractivity contribution in [2.24, 2.45) is 0 Å². The summed E-state index contributed by atoms with van der Waals surface area (Å²) in [5, 5.41) is 10.7. The number of hydrogen-bond donors (Lipinski definition) is 0. The SMILES string of the molecule is C#CCn1nnnc1-c1ccc(F)c(F)c1. The Morgan fingerprint density at radius 2 is 2.12 bits per heavy atom. The molecular weight excluding hydrogens is 214 g/mol. The molecular formula is C10H6F2N4. The lowest BCUT2D eigenvalue weighted by molar-refractivity contribution is 0.509. The minimum absolute atomic E-state index is 0.168. The van der Waals surface area contributed by atoms with Crippen molar-refractivity contribution >= 4 is 0 Å².